The molecule has 6 nitrogen and oxygen atoms in total. The Bertz CT molecular complexity index is 603. The molecule has 76 valence electrons. The third-order valence-electron chi connectivity index (χ3n) is 2.07. The molecule has 0 aliphatic heterocycles. The van der Waals surface area contributed by atoms with Crippen LogP contribution in [-0.4, -0.2) is 14.9 Å². The highest BCUT2D eigenvalue weighted by Crippen LogP contribution is 2.15. The molecule has 0 aliphatic carbocycles. The van der Waals surface area contributed by atoms with E-state index in [9.17, 15) is 20.1 Å². The minimum Gasteiger partial charge on any atom is -0.425 e. The van der Waals surface area contributed by atoms with Crippen molar-refractivity contribution in [1.29, 1.82) is 0 Å². The van der Waals surface area contributed by atoms with Crippen LogP contribution in [0.1, 0.15) is 0 Å². The zero-order valence-corrected chi connectivity index (χ0v) is 7.45. The lowest BCUT2D eigenvalue weighted by Gasteiger charge is -2.01. The Morgan fingerprint density at radius 2 is 2.00 bits per heavy atom. The smallest absolute Gasteiger partial charge is 0.361 e. The van der Waals surface area contributed by atoms with Crippen molar-refractivity contribution in [2.24, 2.45) is 0 Å². The fourth-order valence-electron chi connectivity index (χ4n) is 1.36. The minimum atomic E-state index is -1.03. The summed E-state index contributed by atoms with van der Waals surface area (Å²) in [6.45, 7) is 0. The van der Waals surface area contributed by atoms with Crippen molar-refractivity contribution < 1.29 is 10.1 Å². The molecule has 2 rings (SSSR count). The van der Waals surface area contributed by atoms with E-state index in [1.165, 1.54) is 6.07 Å². The van der Waals surface area contributed by atoms with Crippen LogP contribution in [0.3, 0.4) is 0 Å². The summed E-state index contributed by atoms with van der Waals surface area (Å²) >= 11 is 0. The van der Waals surface area contributed by atoms with Crippen LogP contribution in [0.2, 0.25) is 0 Å². The molecule has 0 atom stereocenters. The van der Waals surface area contributed by atoms with Crippen LogP contribution in [0, 0.1) is 10.1 Å². The first kappa shape index (κ1) is 9.20. The van der Waals surface area contributed by atoms with E-state index < -0.39 is 16.2 Å². The van der Waals surface area contributed by atoms with Crippen molar-refractivity contribution >= 4 is 16.6 Å². The lowest BCUT2D eigenvalue weighted by atomic mass is 10.2. The second-order valence-corrected chi connectivity index (χ2v) is 2.96. The van der Waals surface area contributed by atoms with Gasteiger partial charge in [0.1, 0.15) is 0 Å². The largest absolute Gasteiger partial charge is 0.425 e. The molecular formula is C9H6N2O4. The number of fused-ring (bicyclic) bond motifs is 1. The number of nitro groups is 1. The highest BCUT2D eigenvalue weighted by atomic mass is 16.6. The molecule has 0 unspecified atom stereocenters. The first-order valence-corrected chi connectivity index (χ1v) is 4.09. The highest BCUT2D eigenvalue weighted by molar-refractivity contribution is 5.80. The van der Waals surface area contributed by atoms with Gasteiger partial charge in [-0.25, -0.2) is 0 Å². The SMILES string of the molecule is O=c1c([N+](=O)[O-])cc2ccccc2n1O. The standard InChI is InChI=1S/C9H6N2O4/c12-9-8(11(14)15)5-6-3-1-2-4-7(6)10(9)13/h1-5,13H. The molecular weight excluding hydrogens is 200 g/mol. The van der Waals surface area contributed by atoms with Crippen LogP contribution in [0.4, 0.5) is 5.69 Å². The van der Waals surface area contributed by atoms with Crippen LogP contribution >= 0.6 is 0 Å². The lowest BCUT2D eigenvalue weighted by Crippen LogP contribution is -2.20. The summed E-state index contributed by atoms with van der Waals surface area (Å²) in [6, 6.07) is 7.51. The van der Waals surface area contributed by atoms with E-state index in [0.29, 0.717) is 5.39 Å². The summed E-state index contributed by atoms with van der Waals surface area (Å²) in [4.78, 5) is 21.0. The topological polar surface area (TPSA) is 85.4 Å². The van der Waals surface area contributed by atoms with Gasteiger partial charge in [-0.15, -0.1) is 4.73 Å². The molecule has 1 aromatic carbocycles. The van der Waals surface area contributed by atoms with E-state index in [-0.39, 0.29) is 10.2 Å². The van der Waals surface area contributed by atoms with E-state index in [1.54, 1.807) is 18.2 Å². The van der Waals surface area contributed by atoms with E-state index in [0.717, 1.165) is 6.07 Å². The molecule has 0 radical (unpaired) electrons. The average Bonchev–Trinajstić information content (AvgIpc) is 2.23. The Balaban J connectivity index is 2.95. The summed E-state index contributed by atoms with van der Waals surface area (Å²) < 4.78 is 0.285. The van der Waals surface area contributed by atoms with Crippen molar-refractivity contribution in [3.05, 3.63) is 50.8 Å². The fourth-order valence-corrected chi connectivity index (χ4v) is 1.36. The predicted molar refractivity (Wildman–Crippen MR) is 52.0 cm³/mol. The number of hydrogen-bond acceptors (Lipinski definition) is 4. The second-order valence-electron chi connectivity index (χ2n) is 2.96. The molecule has 0 fully saturated rings. The summed E-state index contributed by atoms with van der Waals surface area (Å²) in [6.07, 6.45) is 0. The van der Waals surface area contributed by atoms with Crippen LogP contribution in [0.5, 0.6) is 0 Å². The van der Waals surface area contributed by atoms with Crippen LogP contribution in [-0.2, 0) is 0 Å². The Kier molecular flexibility index (Phi) is 1.89. The number of hydrogen-bond donors (Lipinski definition) is 1. The first-order valence-electron chi connectivity index (χ1n) is 4.09. The van der Waals surface area contributed by atoms with Gasteiger partial charge in [-0.2, -0.15) is 0 Å². The Morgan fingerprint density at radius 3 is 2.67 bits per heavy atom. The number of para-hydroxylation sites is 1. The van der Waals surface area contributed by atoms with E-state index in [4.69, 9.17) is 0 Å². The van der Waals surface area contributed by atoms with Crippen LogP contribution in [0.25, 0.3) is 10.9 Å². The maximum Gasteiger partial charge on any atom is 0.361 e. The van der Waals surface area contributed by atoms with Gasteiger partial charge in [0.15, 0.2) is 0 Å². The van der Waals surface area contributed by atoms with Crippen molar-refractivity contribution in [3.63, 3.8) is 0 Å². The quantitative estimate of drug-likeness (QED) is 0.430. The maximum atomic E-state index is 11.3. The van der Waals surface area contributed by atoms with Crippen molar-refractivity contribution in [2.75, 3.05) is 0 Å². The highest BCUT2D eigenvalue weighted by Gasteiger charge is 2.16. The predicted octanol–water partition coefficient (Wildman–Crippen LogP) is 1.15. The van der Waals surface area contributed by atoms with Gasteiger partial charge in [0.25, 0.3) is 0 Å². The molecule has 0 saturated carbocycles. The number of benzene rings is 1. The summed E-state index contributed by atoms with van der Waals surface area (Å²) in [5, 5.41) is 20.3. The van der Waals surface area contributed by atoms with Crippen molar-refractivity contribution in [1.82, 2.24) is 4.73 Å². The van der Waals surface area contributed by atoms with E-state index >= 15 is 0 Å². The lowest BCUT2D eigenvalue weighted by molar-refractivity contribution is -0.386. The van der Waals surface area contributed by atoms with Crippen molar-refractivity contribution in [3.8, 4) is 0 Å². The number of rotatable bonds is 1. The zero-order chi connectivity index (χ0) is 11.0. The normalized spacial score (nSPS) is 10.4. The molecule has 2 aromatic rings. The van der Waals surface area contributed by atoms with Gasteiger partial charge < -0.3 is 5.21 Å². The first-order chi connectivity index (χ1) is 7.11. The van der Waals surface area contributed by atoms with Crippen LogP contribution < -0.4 is 5.56 Å². The molecule has 0 aliphatic rings. The fraction of sp³-hybridized carbons (Fsp3) is 0. The molecule has 0 amide bonds. The molecule has 1 aromatic heterocycles. The van der Waals surface area contributed by atoms with Gasteiger partial charge in [0, 0.05) is 11.5 Å². The molecule has 1 N–H and O–H groups in total. The van der Waals surface area contributed by atoms with Gasteiger partial charge in [-0.1, -0.05) is 18.2 Å². The molecule has 0 spiro atoms. The Hall–Kier alpha value is -2.37. The molecule has 6 heteroatoms. The van der Waals surface area contributed by atoms with E-state index in [2.05, 4.69) is 0 Å². The summed E-state index contributed by atoms with van der Waals surface area (Å²) in [7, 11) is 0. The molecule has 15 heavy (non-hydrogen) atoms. The minimum absolute atomic E-state index is 0.244. The molecule has 0 bridgehead atoms. The third kappa shape index (κ3) is 1.32. The third-order valence-corrected chi connectivity index (χ3v) is 2.07. The molecule has 0 saturated heterocycles. The van der Waals surface area contributed by atoms with Gasteiger partial charge in [0.05, 0.1) is 10.4 Å². The zero-order valence-electron chi connectivity index (χ0n) is 7.45. The van der Waals surface area contributed by atoms with Gasteiger partial charge in [0.2, 0.25) is 0 Å². The van der Waals surface area contributed by atoms with Gasteiger partial charge >= 0.3 is 11.2 Å². The summed E-state index contributed by atoms with van der Waals surface area (Å²) in [5.74, 6) is 0. The Morgan fingerprint density at radius 1 is 1.33 bits per heavy atom. The number of nitrogens with zero attached hydrogens (tertiary/aromatic N) is 2. The number of pyridine rings is 1. The second kappa shape index (κ2) is 3.09. The average molecular weight is 206 g/mol. The molecule has 1 heterocycles. The van der Waals surface area contributed by atoms with Gasteiger partial charge in [-0.3, -0.25) is 14.9 Å². The Labute approximate surface area is 83.1 Å². The van der Waals surface area contributed by atoms with Crippen molar-refractivity contribution in [2.45, 2.75) is 0 Å². The number of aromatic nitrogens is 1. The monoisotopic (exact) mass is 206 g/mol. The summed E-state index contributed by atoms with van der Waals surface area (Å²) in [5.41, 5.74) is -1.43. The maximum absolute atomic E-state index is 11.3. The van der Waals surface area contributed by atoms with Crippen LogP contribution in [0.15, 0.2) is 35.1 Å². The van der Waals surface area contributed by atoms with E-state index in [1.807, 2.05) is 0 Å². The van der Waals surface area contributed by atoms with Gasteiger partial charge in [-0.05, 0) is 6.07 Å².